The zero-order chi connectivity index (χ0) is 22.3. The summed E-state index contributed by atoms with van der Waals surface area (Å²) in [4.78, 5) is 17.0. The third-order valence-corrected chi connectivity index (χ3v) is 7.71. The maximum atomic E-state index is 13.1. The smallest absolute Gasteiger partial charge is 0.251 e. The molecule has 0 aliphatic carbocycles. The first-order chi connectivity index (χ1) is 14.9. The first kappa shape index (κ1) is 23.3. The van der Waals surface area contributed by atoms with Gasteiger partial charge in [-0.2, -0.15) is 4.31 Å². The number of carbonyl (C=O) groups is 1. The van der Waals surface area contributed by atoms with Gasteiger partial charge in [0, 0.05) is 56.4 Å². The molecule has 31 heavy (non-hydrogen) atoms. The van der Waals surface area contributed by atoms with Gasteiger partial charge in [0.15, 0.2) is 0 Å². The van der Waals surface area contributed by atoms with Crippen molar-refractivity contribution in [2.45, 2.75) is 51.0 Å². The molecule has 1 fully saturated rings. The molecule has 0 bridgehead atoms. The predicted molar refractivity (Wildman–Crippen MR) is 122 cm³/mol. The summed E-state index contributed by atoms with van der Waals surface area (Å²) in [5.74, 6) is 0.204. The molecule has 3 rings (SSSR count). The molecule has 9 heteroatoms. The van der Waals surface area contributed by atoms with Crippen molar-refractivity contribution < 1.29 is 13.2 Å². The number of nitrogens with zero attached hydrogens (tertiary/aromatic N) is 3. The van der Waals surface area contributed by atoms with Crippen LogP contribution in [0.2, 0.25) is 0 Å². The monoisotopic (exact) mass is 447 g/mol. The number of carbonyl (C=O) groups excluding carboxylic acids is 1. The second kappa shape index (κ2) is 10.8. The van der Waals surface area contributed by atoms with Crippen LogP contribution >= 0.6 is 0 Å². The van der Waals surface area contributed by atoms with E-state index in [1.54, 1.807) is 24.7 Å². The largest absolute Gasteiger partial charge is 0.385 e. The maximum Gasteiger partial charge on any atom is 0.251 e. The first-order valence-electron chi connectivity index (χ1n) is 11.1. The molecule has 0 spiro atoms. The van der Waals surface area contributed by atoms with Crippen LogP contribution in [-0.2, 0) is 16.6 Å². The van der Waals surface area contributed by atoms with Crippen LogP contribution in [0.15, 0.2) is 41.8 Å². The second-order valence-corrected chi connectivity index (χ2v) is 9.92. The number of aromatic nitrogens is 2. The third-order valence-electron chi connectivity index (χ3n) is 5.84. The third kappa shape index (κ3) is 6.07. The summed E-state index contributed by atoms with van der Waals surface area (Å²) in [6.07, 6.45) is 9.02. The molecular formula is C22H33N5O3S. The van der Waals surface area contributed by atoms with Crippen molar-refractivity contribution in [1.29, 1.82) is 0 Å². The zero-order valence-corrected chi connectivity index (χ0v) is 19.2. The van der Waals surface area contributed by atoms with Gasteiger partial charge in [-0.3, -0.25) is 4.79 Å². The Morgan fingerprint density at radius 2 is 1.90 bits per heavy atom. The van der Waals surface area contributed by atoms with Crippen LogP contribution in [0.3, 0.4) is 0 Å². The summed E-state index contributed by atoms with van der Waals surface area (Å²) >= 11 is 0. The molecule has 1 aromatic carbocycles. The molecule has 2 aromatic rings. The summed E-state index contributed by atoms with van der Waals surface area (Å²) in [6, 6.07) is 4.87. The number of anilines is 1. The number of hydrogen-bond donors (Lipinski definition) is 2. The standard InChI is InChI=1S/C22H33N5O3S/c1-3-18(4-2)16-25-20-13-19(22(28)24-8-12-26-11-7-23-17-26)14-21(15-20)31(29,30)27-9-5-6-10-27/h7,11,13-15,17-18,25H,3-6,8-10,12,16H2,1-2H3,(H,24,28). The van der Waals surface area contributed by atoms with Gasteiger partial charge >= 0.3 is 0 Å². The number of imidazole rings is 1. The van der Waals surface area contributed by atoms with E-state index >= 15 is 0 Å². The van der Waals surface area contributed by atoms with Crippen molar-refractivity contribution >= 4 is 21.6 Å². The van der Waals surface area contributed by atoms with Crippen molar-refractivity contribution in [1.82, 2.24) is 19.2 Å². The van der Waals surface area contributed by atoms with Gasteiger partial charge in [0.2, 0.25) is 10.0 Å². The van der Waals surface area contributed by atoms with E-state index in [-0.39, 0.29) is 10.8 Å². The zero-order valence-electron chi connectivity index (χ0n) is 18.4. The SMILES string of the molecule is CCC(CC)CNc1cc(C(=O)NCCn2ccnc2)cc(S(=O)(=O)N2CCCC2)c1. The normalized spacial score (nSPS) is 14.8. The summed E-state index contributed by atoms with van der Waals surface area (Å²) in [5, 5.41) is 6.22. The Hall–Kier alpha value is -2.39. The fraction of sp³-hybridized carbons (Fsp3) is 0.545. The van der Waals surface area contributed by atoms with Crippen LogP contribution in [0.1, 0.15) is 49.9 Å². The van der Waals surface area contributed by atoms with E-state index in [0.717, 1.165) is 32.2 Å². The summed E-state index contributed by atoms with van der Waals surface area (Å²) in [5.41, 5.74) is 1.00. The summed E-state index contributed by atoms with van der Waals surface area (Å²) in [7, 11) is -3.62. The second-order valence-electron chi connectivity index (χ2n) is 7.98. The van der Waals surface area contributed by atoms with E-state index in [1.807, 2.05) is 10.8 Å². The molecule has 0 atom stereocenters. The van der Waals surface area contributed by atoms with Gasteiger partial charge in [-0.15, -0.1) is 0 Å². The molecule has 1 amide bonds. The number of hydrogen-bond acceptors (Lipinski definition) is 5. The van der Waals surface area contributed by atoms with E-state index in [0.29, 0.717) is 43.3 Å². The lowest BCUT2D eigenvalue weighted by molar-refractivity contribution is 0.0952. The minimum atomic E-state index is -3.62. The predicted octanol–water partition coefficient (Wildman–Crippen LogP) is 2.95. The first-order valence-corrected chi connectivity index (χ1v) is 12.5. The molecule has 1 saturated heterocycles. The van der Waals surface area contributed by atoms with Gasteiger partial charge in [0.1, 0.15) is 0 Å². The Kier molecular flexibility index (Phi) is 8.09. The Bertz CT molecular complexity index is 950. The van der Waals surface area contributed by atoms with Crippen molar-refractivity contribution in [3.8, 4) is 0 Å². The molecule has 2 N–H and O–H groups in total. The van der Waals surface area contributed by atoms with E-state index in [4.69, 9.17) is 0 Å². The quantitative estimate of drug-likeness (QED) is 0.552. The van der Waals surface area contributed by atoms with E-state index < -0.39 is 10.0 Å². The van der Waals surface area contributed by atoms with Gasteiger partial charge in [0.05, 0.1) is 11.2 Å². The molecule has 1 aliphatic rings. The lowest BCUT2D eigenvalue weighted by atomic mass is 10.0. The average Bonchev–Trinajstić information content (AvgIpc) is 3.49. The Morgan fingerprint density at radius 1 is 1.16 bits per heavy atom. The topological polar surface area (TPSA) is 96.3 Å². The summed E-state index contributed by atoms with van der Waals surface area (Å²) in [6.45, 7) is 7.10. The maximum absolute atomic E-state index is 13.1. The van der Waals surface area contributed by atoms with E-state index in [1.165, 1.54) is 10.4 Å². The molecule has 1 aliphatic heterocycles. The van der Waals surface area contributed by atoms with Crippen molar-refractivity contribution in [3.63, 3.8) is 0 Å². The Morgan fingerprint density at radius 3 is 2.55 bits per heavy atom. The molecule has 0 unspecified atom stereocenters. The van der Waals surface area contributed by atoms with Crippen LogP contribution in [0.25, 0.3) is 0 Å². The lowest BCUT2D eigenvalue weighted by Gasteiger charge is -2.19. The highest BCUT2D eigenvalue weighted by Gasteiger charge is 2.28. The van der Waals surface area contributed by atoms with Gasteiger partial charge in [0.25, 0.3) is 5.91 Å². The highest BCUT2D eigenvalue weighted by Crippen LogP contribution is 2.25. The highest BCUT2D eigenvalue weighted by atomic mass is 32.2. The molecule has 1 aromatic heterocycles. The molecular weight excluding hydrogens is 414 g/mol. The van der Waals surface area contributed by atoms with Gasteiger partial charge < -0.3 is 15.2 Å². The van der Waals surface area contributed by atoms with E-state index in [2.05, 4.69) is 29.5 Å². The van der Waals surface area contributed by atoms with Crippen LogP contribution in [-0.4, -0.2) is 54.4 Å². The van der Waals surface area contributed by atoms with Crippen LogP contribution < -0.4 is 10.6 Å². The van der Waals surface area contributed by atoms with Crippen molar-refractivity contribution in [2.24, 2.45) is 5.92 Å². The van der Waals surface area contributed by atoms with Crippen LogP contribution in [0, 0.1) is 5.92 Å². The lowest BCUT2D eigenvalue weighted by Crippen LogP contribution is -2.29. The van der Waals surface area contributed by atoms with Crippen LogP contribution in [0.5, 0.6) is 0 Å². The molecule has 0 saturated carbocycles. The molecule has 0 radical (unpaired) electrons. The average molecular weight is 448 g/mol. The molecule has 170 valence electrons. The van der Waals surface area contributed by atoms with Crippen LogP contribution in [0.4, 0.5) is 5.69 Å². The highest BCUT2D eigenvalue weighted by molar-refractivity contribution is 7.89. The van der Waals surface area contributed by atoms with Crippen molar-refractivity contribution in [2.75, 3.05) is 31.5 Å². The number of nitrogens with one attached hydrogen (secondary N) is 2. The molecule has 2 heterocycles. The Balaban J connectivity index is 1.80. The fourth-order valence-electron chi connectivity index (χ4n) is 3.72. The van der Waals surface area contributed by atoms with Gasteiger partial charge in [-0.25, -0.2) is 13.4 Å². The van der Waals surface area contributed by atoms with E-state index in [9.17, 15) is 13.2 Å². The number of amides is 1. The fourth-order valence-corrected chi connectivity index (χ4v) is 5.31. The number of rotatable bonds is 11. The van der Waals surface area contributed by atoms with Gasteiger partial charge in [-0.05, 0) is 37.0 Å². The minimum Gasteiger partial charge on any atom is -0.385 e. The van der Waals surface area contributed by atoms with Gasteiger partial charge in [-0.1, -0.05) is 26.7 Å². The minimum absolute atomic E-state index is 0.170. The van der Waals surface area contributed by atoms with Crippen molar-refractivity contribution in [3.05, 3.63) is 42.5 Å². The number of sulfonamides is 1. The summed E-state index contributed by atoms with van der Waals surface area (Å²) < 4.78 is 29.7. The molecule has 8 nitrogen and oxygen atoms in total. The Labute approximate surface area is 185 Å². The number of benzene rings is 1.